The van der Waals surface area contributed by atoms with Gasteiger partial charge in [-0.15, -0.1) is 0 Å². The van der Waals surface area contributed by atoms with Gasteiger partial charge in [-0.1, -0.05) is 0 Å². The molecule has 2 atom stereocenters. The van der Waals surface area contributed by atoms with Gasteiger partial charge in [-0.25, -0.2) is 0 Å². The van der Waals surface area contributed by atoms with Gasteiger partial charge in [0.15, 0.2) is 0 Å². The van der Waals surface area contributed by atoms with E-state index in [1.807, 2.05) is 6.92 Å². The Labute approximate surface area is 141 Å². The van der Waals surface area contributed by atoms with Gasteiger partial charge in [0.05, 0.1) is 32.4 Å². The van der Waals surface area contributed by atoms with Crippen molar-refractivity contribution in [1.29, 1.82) is 0 Å². The van der Waals surface area contributed by atoms with Crippen LogP contribution in [0.2, 0.25) is 0 Å². The highest BCUT2D eigenvalue weighted by Crippen LogP contribution is 2.36. The normalized spacial score (nSPS) is 18.4. The quantitative estimate of drug-likeness (QED) is 0.810. The van der Waals surface area contributed by atoms with E-state index in [2.05, 4.69) is 5.32 Å². The fourth-order valence-corrected chi connectivity index (χ4v) is 2.78. The monoisotopic (exact) mass is 336 g/mol. The summed E-state index contributed by atoms with van der Waals surface area (Å²) in [6.07, 6.45) is 0.173. The summed E-state index contributed by atoms with van der Waals surface area (Å²) >= 11 is 0. The van der Waals surface area contributed by atoms with Gasteiger partial charge in [0.25, 0.3) is 0 Å². The summed E-state index contributed by atoms with van der Waals surface area (Å²) in [4.78, 5) is 26.3. The zero-order valence-corrected chi connectivity index (χ0v) is 14.5. The van der Waals surface area contributed by atoms with Crippen LogP contribution in [0.3, 0.4) is 0 Å². The van der Waals surface area contributed by atoms with E-state index in [-0.39, 0.29) is 24.3 Å². The molecule has 1 heterocycles. The molecular formula is C17H24N2O5. The first kappa shape index (κ1) is 18.1. The molecule has 0 unspecified atom stereocenters. The van der Waals surface area contributed by atoms with Crippen LogP contribution in [0.15, 0.2) is 18.2 Å². The van der Waals surface area contributed by atoms with E-state index < -0.39 is 5.92 Å². The smallest absolute Gasteiger partial charge is 0.227 e. The average Bonchev–Trinajstić information content (AvgIpc) is 2.96. The predicted molar refractivity (Wildman–Crippen MR) is 89.5 cm³/mol. The second-order valence-electron chi connectivity index (χ2n) is 5.81. The minimum atomic E-state index is -0.396. The molecule has 0 saturated carbocycles. The Kier molecular flexibility index (Phi) is 6.03. The summed E-state index contributed by atoms with van der Waals surface area (Å²) in [6.45, 7) is 2.61. The van der Waals surface area contributed by atoms with Gasteiger partial charge in [0.1, 0.15) is 11.5 Å². The standard InChI is InChI=1S/C17H24N2O5/c1-11(10-22-2)18-17(21)12-7-16(20)19(9-12)14-8-13(23-3)5-6-15(14)24-4/h5-6,8,11-12H,7,9-10H2,1-4H3,(H,18,21)/t11-,12+/m1/s1. The zero-order valence-electron chi connectivity index (χ0n) is 14.5. The number of amides is 2. The van der Waals surface area contributed by atoms with Gasteiger partial charge < -0.3 is 24.4 Å². The molecule has 0 spiro atoms. The maximum atomic E-state index is 12.4. The first-order valence-corrected chi connectivity index (χ1v) is 7.81. The Balaban J connectivity index is 2.14. The molecule has 1 aliphatic rings. The summed E-state index contributed by atoms with van der Waals surface area (Å²) in [5, 5.41) is 2.87. The number of rotatable bonds is 7. The van der Waals surface area contributed by atoms with Crippen molar-refractivity contribution in [3.05, 3.63) is 18.2 Å². The van der Waals surface area contributed by atoms with Gasteiger partial charge >= 0.3 is 0 Å². The first-order chi connectivity index (χ1) is 11.5. The summed E-state index contributed by atoms with van der Waals surface area (Å²) < 4.78 is 15.6. The molecule has 0 aliphatic carbocycles. The third-order valence-electron chi connectivity index (χ3n) is 3.98. The number of methoxy groups -OCH3 is 3. The van der Waals surface area contributed by atoms with Crippen molar-refractivity contribution >= 4 is 17.5 Å². The van der Waals surface area contributed by atoms with Crippen molar-refractivity contribution < 1.29 is 23.8 Å². The minimum absolute atomic E-state index is 0.0991. The highest BCUT2D eigenvalue weighted by atomic mass is 16.5. The lowest BCUT2D eigenvalue weighted by atomic mass is 10.1. The van der Waals surface area contributed by atoms with Crippen molar-refractivity contribution in [2.24, 2.45) is 5.92 Å². The fraction of sp³-hybridized carbons (Fsp3) is 0.529. The molecule has 2 amide bonds. The molecule has 7 nitrogen and oxygen atoms in total. The summed E-state index contributed by atoms with van der Waals surface area (Å²) in [6, 6.07) is 5.15. The lowest BCUT2D eigenvalue weighted by Gasteiger charge is -2.21. The maximum Gasteiger partial charge on any atom is 0.227 e. The molecule has 1 aromatic carbocycles. The predicted octanol–water partition coefficient (Wildman–Crippen LogP) is 1.21. The minimum Gasteiger partial charge on any atom is -0.497 e. The topological polar surface area (TPSA) is 77.1 Å². The molecule has 1 aromatic rings. The van der Waals surface area contributed by atoms with Gasteiger partial charge in [0.2, 0.25) is 11.8 Å². The molecule has 1 N–H and O–H groups in total. The molecule has 2 rings (SSSR count). The number of hydrogen-bond donors (Lipinski definition) is 1. The molecule has 0 aromatic heterocycles. The van der Waals surface area contributed by atoms with E-state index >= 15 is 0 Å². The number of carbonyl (C=O) groups is 2. The van der Waals surface area contributed by atoms with Crippen LogP contribution >= 0.6 is 0 Å². The number of nitrogens with zero attached hydrogens (tertiary/aromatic N) is 1. The van der Waals surface area contributed by atoms with Crippen molar-refractivity contribution in [3.63, 3.8) is 0 Å². The molecule has 1 aliphatic heterocycles. The number of carbonyl (C=O) groups excluding carboxylic acids is 2. The molecule has 7 heteroatoms. The summed E-state index contributed by atoms with van der Waals surface area (Å²) in [5.41, 5.74) is 0.613. The molecule has 1 saturated heterocycles. The van der Waals surface area contributed by atoms with Gasteiger partial charge in [0, 0.05) is 32.2 Å². The lowest BCUT2D eigenvalue weighted by molar-refractivity contribution is -0.127. The SMILES string of the molecule is COC[C@@H](C)NC(=O)[C@H]1CC(=O)N(c2cc(OC)ccc2OC)C1. The highest BCUT2D eigenvalue weighted by molar-refractivity contribution is 6.01. The van der Waals surface area contributed by atoms with E-state index in [9.17, 15) is 9.59 Å². The van der Waals surface area contributed by atoms with Crippen molar-refractivity contribution in [3.8, 4) is 11.5 Å². The Morgan fingerprint density at radius 3 is 2.71 bits per heavy atom. The number of benzene rings is 1. The lowest BCUT2D eigenvalue weighted by Crippen LogP contribution is -2.40. The number of nitrogens with one attached hydrogen (secondary N) is 1. The molecule has 0 radical (unpaired) electrons. The molecule has 132 valence electrons. The molecule has 0 bridgehead atoms. The van der Waals surface area contributed by atoms with Gasteiger partial charge in [-0.3, -0.25) is 9.59 Å². The van der Waals surface area contributed by atoms with Crippen LogP contribution in [0.5, 0.6) is 11.5 Å². The number of anilines is 1. The number of hydrogen-bond acceptors (Lipinski definition) is 5. The largest absolute Gasteiger partial charge is 0.497 e. The summed E-state index contributed by atoms with van der Waals surface area (Å²) in [7, 11) is 4.69. The third kappa shape index (κ3) is 3.97. The van der Waals surface area contributed by atoms with E-state index in [1.165, 1.54) is 0 Å². The van der Waals surface area contributed by atoms with E-state index in [4.69, 9.17) is 14.2 Å². The van der Waals surface area contributed by atoms with Crippen molar-refractivity contribution in [1.82, 2.24) is 5.32 Å². The van der Waals surface area contributed by atoms with Crippen molar-refractivity contribution in [2.45, 2.75) is 19.4 Å². The molecular weight excluding hydrogens is 312 g/mol. The van der Waals surface area contributed by atoms with Crippen LogP contribution in [0.4, 0.5) is 5.69 Å². The van der Waals surface area contributed by atoms with Crippen molar-refractivity contribution in [2.75, 3.05) is 39.4 Å². The zero-order chi connectivity index (χ0) is 17.7. The van der Waals surface area contributed by atoms with E-state index in [0.29, 0.717) is 30.3 Å². The fourth-order valence-electron chi connectivity index (χ4n) is 2.78. The highest BCUT2D eigenvalue weighted by Gasteiger charge is 2.36. The van der Waals surface area contributed by atoms with Crippen LogP contribution in [-0.4, -0.2) is 52.3 Å². The third-order valence-corrected chi connectivity index (χ3v) is 3.98. The number of ether oxygens (including phenoxy) is 3. The van der Waals surface area contributed by atoms with Crippen LogP contribution in [0.25, 0.3) is 0 Å². The van der Waals surface area contributed by atoms with E-state index in [1.54, 1.807) is 44.4 Å². The molecule has 24 heavy (non-hydrogen) atoms. The van der Waals surface area contributed by atoms with Crippen LogP contribution in [0, 0.1) is 5.92 Å². The Hall–Kier alpha value is -2.28. The Morgan fingerprint density at radius 2 is 2.08 bits per heavy atom. The second-order valence-corrected chi connectivity index (χ2v) is 5.81. The van der Waals surface area contributed by atoms with Gasteiger partial charge in [-0.2, -0.15) is 0 Å². The Bertz CT molecular complexity index is 605. The van der Waals surface area contributed by atoms with Gasteiger partial charge in [-0.05, 0) is 19.1 Å². The first-order valence-electron chi connectivity index (χ1n) is 7.81. The summed E-state index contributed by atoms with van der Waals surface area (Å²) in [5.74, 6) is 0.546. The molecule has 1 fully saturated rings. The van der Waals surface area contributed by atoms with Crippen LogP contribution in [0.1, 0.15) is 13.3 Å². The van der Waals surface area contributed by atoms with Crippen LogP contribution in [-0.2, 0) is 14.3 Å². The Morgan fingerprint density at radius 1 is 1.33 bits per heavy atom. The van der Waals surface area contributed by atoms with Crippen LogP contribution < -0.4 is 19.7 Å². The van der Waals surface area contributed by atoms with E-state index in [0.717, 1.165) is 0 Å². The maximum absolute atomic E-state index is 12.4. The second kappa shape index (κ2) is 8.01. The average molecular weight is 336 g/mol.